The third-order valence-corrected chi connectivity index (χ3v) is 5.28. The van der Waals surface area contributed by atoms with Crippen molar-refractivity contribution < 1.29 is 14.0 Å². The van der Waals surface area contributed by atoms with Gasteiger partial charge in [0, 0.05) is 17.6 Å². The second-order valence-electron chi connectivity index (χ2n) is 7.52. The van der Waals surface area contributed by atoms with Crippen molar-refractivity contribution in [2.75, 3.05) is 20.1 Å². The van der Waals surface area contributed by atoms with Gasteiger partial charge < -0.3 is 10.2 Å². The number of hydrogen-bond donors (Lipinski definition) is 1. The van der Waals surface area contributed by atoms with Crippen LogP contribution in [0.15, 0.2) is 41.5 Å². The molecule has 1 N–H and O–H groups in total. The average Bonchev–Trinajstić information content (AvgIpc) is 3.08. The van der Waals surface area contributed by atoms with E-state index in [1.54, 1.807) is 30.3 Å². The Morgan fingerprint density at radius 1 is 1.30 bits per heavy atom. The van der Waals surface area contributed by atoms with Gasteiger partial charge in [0.2, 0.25) is 5.91 Å². The number of hydrogen-bond acceptors (Lipinski definition) is 4. The van der Waals surface area contributed by atoms with Crippen LogP contribution in [0, 0.1) is 0 Å². The van der Waals surface area contributed by atoms with Crippen molar-refractivity contribution in [2.45, 2.75) is 19.1 Å². The Balaban J connectivity index is 1.81. The minimum Gasteiger partial charge on any atom is -0.354 e. The number of rotatable bonds is 4. The predicted octanol–water partition coefficient (Wildman–Crippen LogP) is 1.75. The average molecular weight is 432 g/mol. The van der Waals surface area contributed by atoms with Crippen LogP contribution in [-0.2, 0) is 11.3 Å². The van der Waals surface area contributed by atoms with Crippen molar-refractivity contribution >= 4 is 28.9 Å². The second-order valence-corrected chi connectivity index (χ2v) is 7.96. The zero-order valence-corrected chi connectivity index (χ0v) is 17.1. The van der Waals surface area contributed by atoms with Crippen LogP contribution in [0.25, 0.3) is 16.6 Å². The molecule has 2 aromatic heterocycles. The van der Waals surface area contributed by atoms with Gasteiger partial charge in [-0.3, -0.25) is 19.0 Å². The molecule has 3 aromatic rings. The van der Waals surface area contributed by atoms with Crippen LogP contribution in [-0.4, -0.2) is 56.7 Å². The van der Waals surface area contributed by atoms with Crippen LogP contribution < -0.4 is 10.9 Å². The summed E-state index contributed by atoms with van der Waals surface area (Å²) in [5, 5.41) is 7.20. The highest BCUT2D eigenvalue weighted by Gasteiger charge is 2.41. The molecule has 1 aromatic carbocycles. The van der Waals surface area contributed by atoms with Crippen LogP contribution in [0.4, 0.5) is 4.39 Å². The van der Waals surface area contributed by atoms with Crippen molar-refractivity contribution in [1.29, 1.82) is 0 Å². The topological polar surface area (TPSA) is 88.7 Å². The maximum Gasteiger partial charge on any atom is 0.278 e. The number of aromatic nitrogens is 3. The number of likely N-dealkylation sites (tertiary alicyclic amines) is 1. The number of nitrogens with zero attached hydrogens (tertiary/aromatic N) is 4. The Morgan fingerprint density at radius 2 is 2.03 bits per heavy atom. The fraction of sp³-hybridized carbons (Fsp3) is 0.300. The third kappa shape index (κ3) is 3.45. The Bertz CT molecular complexity index is 1220. The van der Waals surface area contributed by atoms with Gasteiger partial charge in [0.25, 0.3) is 11.5 Å². The number of carbonyl (C=O) groups excluding carboxylic acids is 2. The lowest BCUT2D eigenvalue weighted by molar-refractivity contribution is -0.144. The molecule has 30 heavy (non-hydrogen) atoms. The molecule has 4 rings (SSSR count). The Morgan fingerprint density at radius 3 is 2.67 bits per heavy atom. The molecule has 0 spiro atoms. The monoisotopic (exact) mass is 431 g/mol. The lowest BCUT2D eigenvalue weighted by atomic mass is 9.99. The van der Waals surface area contributed by atoms with E-state index in [2.05, 4.69) is 10.4 Å². The fourth-order valence-corrected chi connectivity index (χ4v) is 3.77. The predicted molar refractivity (Wildman–Crippen MR) is 109 cm³/mol. The van der Waals surface area contributed by atoms with E-state index >= 15 is 0 Å². The van der Waals surface area contributed by atoms with E-state index in [4.69, 9.17) is 11.6 Å². The highest BCUT2D eigenvalue weighted by Crippen LogP contribution is 2.28. The normalized spacial score (nSPS) is 15.1. The summed E-state index contributed by atoms with van der Waals surface area (Å²) in [7, 11) is 1.48. The first kappa shape index (κ1) is 20.1. The Hall–Kier alpha value is -3.20. The summed E-state index contributed by atoms with van der Waals surface area (Å²) in [4.78, 5) is 39.3. The van der Waals surface area contributed by atoms with Gasteiger partial charge in [-0.25, -0.2) is 8.91 Å². The van der Waals surface area contributed by atoms with Crippen molar-refractivity contribution in [2.24, 2.45) is 0 Å². The lowest BCUT2D eigenvalue weighted by Crippen LogP contribution is -2.60. The largest absolute Gasteiger partial charge is 0.354 e. The minimum absolute atomic E-state index is 0.00400. The highest BCUT2D eigenvalue weighted by atomic mass is 35.5. The van der Waals surface area contributed by atoms with Crippen LogP contribution in [0.5, 0.6) is 0 Å². The summed E-state index contributed by atoms with van der Waals surface area (Å²) in [6.07, 6.45) is 1.20. The van der Waals surface area contributed by atoms with Crippen molar-refractivity contribution in [3.05, 3.63) is 57.7 Å². The molecule has 1 fully saturated rings. The van der Waals surface area contributed by atoms with Crippen LogP contribution in [0.3, 0.4) is 0 Å². The molecule has 156 valence electrons. The van der Waals surface area contributed by atoms with Crippen LogP contribution in [0.2, 0.25) is 5.02 Å². The maximum atomic E-state index is 13.7. The fourth-order valence-electron chi connectivity index (χ4n) is 3.58. The van der Waals surface area contributed by atoms with E-state index in [1.807, 2.05) is 0 Å². The number of amides is 2. The van der Waals surface area contributed by atoms with Gasteiger partial charge in [-0.2, -0.15) is 5.10 Å². The number of alkyl halides is 1. The SMILES string of the molecule is CNC(=O)c1cc(-c2cccc(Cl)c2)c2c(=O)n(CC(=O)N3CC(C)(F)C3)cnn12. The number of fused-ring (bicyclic) bond motifs is 1. The number of benzene rings is 1. The summed E-state index contributed by atoms with van der Waals surface area (Å²) in [6.45, 7) is 1.15. The molecular formula is C20H19ClFN5O3. The van der Waals surface area contributed by atoms with Gasteiger partial charge in [-0.1, -0.05) is 23.7 Å². The number of halogens is 2. The molecular weight excluding hydrogens is 413 g/mol. The maximum absolute atomic E-state index is 13.7. The summed E-state index contributed by atoms with van der Waals surface area (Å²) >= 11 is 6.10. The van der Waals surface area contributed by atoms with Gasteiger partial charge in [0.1, 0.15) is 29.8 Å². The summed E-state index contributed by atoms with van der Waals surface area (Å²) < 4.78 is 16.1. The van der Waals surface area contributed by atoms with E-state index in [9.17, 15) is 18.8 Å². The lowest BCUT2D eigenvalue weighted by Gasteiger charge is -2.42. The molecule has 0 bridgehead atoms. The van der Waals surface area contributed by atoms with Gasteiger partial charge in [-0.15, -0.1) is 0 Å². The van der Waals surface area contributed by atoms with Gasteiger partial charge in [0.15, 0.2) is 0 Å². The first-order valence-corrected chi connectivity index (χ1v) is 9.64. The van der Waals surface area contributed by atoms with E-state index < -0.39 is 17.1 Å². The first-order valence-electron chi connectivity index (χ1n) is 9.26. The molecule has 10 heteroatoms. The molecule has 0 unspecified atom stereocenters. The molecule has 0 radical (unpaired) electrons. The van der Waals surface area contributed by atoms with Crippen molar-refractivity contribution in [1.82, 2.24) is 24.4 Å². The second kappa shape index (κ2) is 7.24. The zero-order chi connectivity index (χ0) is 21.6. The summed E-state index contributed by atoms with van der Waals surface area (Å²) in [6, 6.07) is 8.43. The molecule has 1 aliphatic heterocycles. The highest BCUT2D eigenvalue weighted by molar-refractivity contribution is 6.30. The first-order chi connectivity index (χ1) is 14.2. The van der Waals surface area contributed by atoms with Crippen LogP contribution >= 0.6 is 11.6 Å². The smallest absolute Gasteiger partial charge is 0.278 e. The Labute approximate surface area is 175 Å². The van der Waals surface area contributed by atoms with E-state index in [0.717, 1.165) is 4.57 Å². The van der Waals surface area contributed by atoms with E-state index in [1.165, 1.54) is 29.7 Å². The molecule has 2 amide bonds. The summed E-state index contributed by atoms with van der Waals surface area (Å²) in [5.41, 5.74) is -0.470. The molecule has 0 atom stereocenters. The standard InChI is InChI=1S/C20H19ClFN5O3/c1-20(22)9-26(10-20)16(28)8-25-11-24-27-15(18(29)23-2)7-14(17(27)19(25)30)12-4-3-5-13(21)6-12/h3-7,11H,8-10H2,1-2H3,(H,23,29). The third-order valence-electron chi connectivity index (χ3n) is 5.04. The molecule has 0 aliphatic carbocycles. The van der Waals surface area contributed by atoms with Crippen molar-refractivity contribution in [3.8, 4) is 11.1 Å². The van der Waals surface area contributed by atoms with Crippen molar-refractivity contribution in [3.63, 3.8) is 0 Å². The minimum atomic E-state index is -1.40. The van der Waals surface area contributed by atoms with E-state index in [0.29, 0.717) is 16.1 Å². The number of nitrogens with one attached hydrogen (secondary N) is 1. The molecule has 1 aliphatic rings. The van der Waals surface area contributed by atoms with Crippen LogP contribution in [0.1, 0.15) is 17.4 Å². The molecule has 0 saturated carbocycles. The van der Waals surface area contributed by atoms with Gasteiger partial charge in [0.05, 0.1) is 13.1 Å². The Kier molecular flexibility index (Phi) is 4.85. The summed E-state index contributed by atoms with van der Waals surface area (Å²) in [5.74, 6) is -0.789. The van der Waals surface area contributed by atoms with Gasteiger partial charge in [-0.05, 0) is 30.7 Å². The number of carbonyl (C=O) groups is 2. The molecule has 8 nitrogen and oxygen atoms in total. The zero-order valence-electron chi connectivity index (χ0n) is 16.4. The quantitative estimate of drug-likeness (QED) is 0.681. The molecule has 3 heterocycles. The van der Waals surface area contributed by atoms with E-state index in [-0.39, 0.29) is 36.8 Å². The van der Waals surface area contributed by atoms with Gasteiger partial charge >= 0.3 is 0 Å². The molecule has 1 saturated heterocycles.